The monoisotopic (exact) mass is 293 g/mol. The summed E-state index contributed by atoms with van der Waals surface area (Å²) in [6.07, 6.45) is 3.88. The van der Waals surface area contributed by atoms with E-state index in [4.69, 9.17) is 5.11 Å². The van der Waals surface area contributed by atoms with Crippen LogP contribution in [-0.4, -0.2) is 52.1 Å². The standard InChI is InChI=1S/C15H23N3O3/c1-11(2)18(10-14(19)20)15(21)13-4-3-9-17(13)12-5-7-16-8-6-12/h3-4,9,11-12,16H,5-8,10H2,1-2H3,(H,19,20). The van der Waals surface area contributed by atoms with Gasteiger partial charge in [-0.05, 0) is 51.9 Å². The molecule has 6 heteroatoms. The number of nitrogens with one attached hydrogen (secondary N) is 1. The molecule has 1 fully saturated rings. The third kappa shape index (κ3) is 3.64. The molecule has 0 atom stereocenters. The highest BCUT2D eigenvalue weighted by Crippen LogP contribution is 2.22. The van der Waals surface area contributed by atoms with Crippen LogP contribution < -0.4 is 5.32 Å². The van der Waals surface area contributed by atoms with Crippen molar-refractivity contribution in [2.75, 3.05) is 19.6 Å². The van der Waals surface area contributed by atoms with Gasteiger partial charge in [0.15, 0.2) is 0 Å². The van der Waals surface area contributed by atoms with Gasteiger partial charge in [0.05, 0.1) is 0 Å². The molecular formula is C15H23N3O3. The highest BCUT2D eigenvalue weighted by molar-refractivity contribution is 5.94. The molecule has 0 saturated carbocycles. The number of amides is 1. The van der Waals surface area contributed by atoms with Gasteiger partial charge in [0, 0.05) is 18.3 Å². The van der Waals surface area contributed by atoms with Gasteiger partial charge >= 0.3 is 5.97 Å². The van der Waals surface area contributed by atoms with E-state index in [2.05, 4.69) is 5.32 Å². The molecule has 21 heavy (non-hydrogen) atoms. The zero-order valence-corrected chi connectivity index (χ0v) is 12.6. The average molecular weight is 293 g/mol. The van der Waals surface area contributed by atoms with E-state index in [0.717, 1.165) is 25.9 Å². The van der Waals surface area contributed by atoms with Gasteiger partial charge in [-0.3, -0.25) is 9.59 Å². The van der Waals surface area contributed by atoms with Gasteiger partial charge in [-0.15, -0.1) is 0 Å². The molecule has 116 valence electrons. The quantitative estimate of drug-likeness (QED) is 0.859. The maximum absolute atomic E-state index is 12.7. The summed E-state index contributed by atoms with van der Waals surface area (Å²) in [5.74, 6) is -1.20. The van der Waals surface area contributed by atoms with E-state index in [1.807, 2.05) is 30.7 Å². The number of piperidine rings is 1. The number of carboxylic acid groups (broad SMARTS) is 1. The third-order valence-electron chi connectivity index (χ3n) is 3.89. The van der Waals surface area contributed by atoms with Crippen molar-refractivity contribution in [3.05, 3.63) is 24.0 Å². The number of nitrogens with zero attached hydrogens (tertiary/aromatic N) is 2. The molecule has 0 spiro atoms. The minimum atomic E-state index is -0.989. The lowest BCUT2D eigenvalue weighted by Crippen LogP contribution is -2.42. The minimum Gasteiger partial charge on any atom is -0.480 e. The number of rotatable bonds is 5. The lowest BCUT2D eigenvalue weighted by Gasteiger charge is -2.29. The van der Waals surface area contributed by atoms with Crippen LogP contribution in [0.3, 0.4) is 0 Å². The maximum atomic E-state index is 12.7. The van der Waals surface area contributed by atoms with Crippen molar-refractivity contribution in [1.82, 2.24) is 14.8 Å². The molecule has 0 radical (unpaired) electrons. The first-order valence-electron chi connectivity index (χ1n) is 7.41. The predicted octanol–water partition coefficient (Wildman–Crippen LogP) is 1.35. The minimum absolute atomic E-state index is 0.148. The Hall–Kier alpha value is -1.82. The average Bonchev–Trinajstić information content (AvgIpc) is 2.94. The van der Waals surface area contributed by atoms with Crippen molar-refractivity contribution in [1.29, 1.82) is 0 Å². The van der Waals surface area contributed by atoms with Crippen LogP contribution in [0.25, 0.3) is 0 Å². The van der Waals surface area contributed by atoms with Gasteiger partial charge in [-0.1, -0.05) is 0 Å². The number of aromatic nitrogens is 1. The van der Waals surface area contributed by atoms with Crippen molar-refractivity contribution in [3.8, 4) is 0 Å². The van der Waals surface area contributed by atoms with Crippen LogP contribution in [0.15, 0.2) is 18.3 Å². The number of hydrogen-bond donors (Lipinski definition) is 2. The van der Waals surface area contributed by atoms with Gasteiger partial charge in [0.25, 0.3) is 5.91 Å². The lowest BCUT2D eigenvalue weighted by atomic mass is 10.1. The van der Waals surface area contributed by atoms with E-state index in [1.165, 1.54) is 4.90 Å². The van der Waals surface area contributed by atoms with Gasteiger partial charge in [0.1, 0.15) is 12.2 Å². The molecular weight excluding hydrogens is 270 g/mol. The highest BCUT2D eigenvalue weighted by atomic mass is 16.4. The van der Waals surface area contributed by atoms with E-state index in [-0.39, 0.29) is 18.5 Å². The fourth-order valence-corrected chi connectivity index (χ4v) is 2.76. The van der Waals surface area contributed by atoms with E-state index in [1.54, 1.807) is 6.07 Å². The van der Waals surface area contributed by atoms with Gasteiger partial charge in [-0.25, -0.2) is 0 Å². The Morgan fingerprint density at radius 1 is 1.43 bits per heavy atom. The van der Waals surface area contributed by atoms with E-state index >= 15 is 0 Å². The SMILES string of the molecule is CC(C)N(CC(=O)O)C(=O)c1cccn1C1CCNCC1. The van der Waals surface area contributed by atoms with Crippen LogP contribution in [0.1, 0.15) is 43.2 Å². The first-order valence-corrected chi connectivity index (χ1v) is 7.41. The van der Waals surface area contributed by atoms with Crippen LogP contribution >= 0.6 is 0 Å². The first-order chi connectivity index (χ1) is 10.0. The fourth-order valence-electron chi connectivity index (χ4n) is 2.76. The zero-order valence-electron chi connectivity index (χ0n) is 12.6. The van der Waals surface area contributed by atoms with Crippen LogP contribution in [-0.2, 0) is 4.79 Å². The van der Waals surface area contributed by atoms with Gasteiger partial charge < -0.3 is 19.9 Å². The summed E-state index contributed by atoms with van der Waals surface area (Å²) in [5, 5.41) is 12.3. The van der Waals surface area contributed by atoms with Crippen LogP contribution in [0, 0.1) is 0 Å². The largest absolute Gasteiger partial charge is 0.480 e. The summed E-state index contributed by atoms with van der Waals surface area (Å²) in [6, 6.07) is 3.79. The summed E-state index contributed by atoms with van der Waals surface area (Å²) in [5.41, 5.74) is 0.580. The van der Waals surface area contributed by atoms with Crippen molar-refractivity contribution in [2.24, 2.45) is 0 Å². The molecule has 1 aromatic heterocycles. The van der Waals surface area contributed by atoms with Crippen molar-refractivity contribution < 1.29 is 14.7 Å². The predicted molar refractivity (Wildman–Crippen MR) is 79.4 cm³/mol. The van der Waals surface area contributed by atoms with Crippen LogP contribution in [0.4, 0.5) is 0 Å². The number of hydrogen-bond acceptors (Lipinski definition) is 3. The Morgan fingerprint density at radius 2 is 2.10 bits per heavy atom. The summed E-state index contributed by atoms with van der Waals surface area (Å²) in [6.45, 7) is 5.28. The molecule has 6 nitrogen and oxygen atoms in total. The molecule has 0 unspecified atom stereocenters. The van der Waals surface area contributed by atoms with E-state index in [9.17, 15) is 9.59 Å². The number of aliphatic carboxylic acids is 1. The molecule has 2 rings (SSSR count). The molecule has 1 aliphatic rings. The summed E-state index contributed by atoms with van der Waals surface area (Å²) in [7, 11) is 0. The first kappa shape index (κ1) is 15.6. The molecule has 0 aromatic carbocycles. The molecule has 2 heterocycles. The molecule has 1 amide bonds. The Kier molecular flexibility index (Phi) is 5.01. The number of carboxylic acids is 1. The second kappa shape index (κ2) is 6.76. The fraction of sp³-hybridized carbons (Fsp3) is 0.600. The molecule has 1 aromatic rings. The topological polar surface area (TPSA) is 74.6 Å². The van der Waals surface area contributed by atoms with Crippen molar-refractivity contribution in [3.63, 3.8) is 0 Å². The van der Waals surface area contributed by atoms with Gasteiger partial charge in [0.2, 0.25) is 0 Å². The Labute approximate surface area is 124 Å². The zero-order chi connectivity index (χ0) is 15.4. The Bertz CT molecular complexity index is 504. The van der Waals surface area contributed by atoms with Crippen molar-refractivity contribution in [2.45, 2.75) is 38.8 Å². The number of carbonyl (C=O) groups excluding carboxylic acids is 1. The van der Waals surface area contributed by atoms with Crippen LogP contribution in [0.2, 0.25) is 0 Å². The summed E-state index contributed by atoms with van der Waals surface area (Å²) in [4.78, 5) is 25.0. The Morgan fingerprint density at radius 3 is 2.67 bits per heavy atom. The summed E-state index contributed by atoms with van der Waals surface area (Å²) >= 11 is 0. The lowest BCUT2D eigenvalue weighted by molar-refractivity contribution is -0.138. The maximum Gasteiger partial charge on any atom is 0.323 e. The third-order valence-corrected chi connectivity index (χ3v) is 3.89. The highest BCUT2D eigenvalue weighted by Gasteiger charge is 2.26. The normalized spacial score (nSPS) is 16.1. The molecule has 0 bridgehead atoms. The Balaban J connectivity index is 2.21. The second-order valence-electron chi connectivity index (χ2n) is 5.70. The van der Waals surface area contributed by atoms with Crippen LogP contribution in [0.5, 0.6) is 0 Å². The van der Waals surface area contributed by atoms with Crippen molar-refractivity contribution >= 4 is 11.9 Å². The molecule has 2 N–H and O–H groups in total. The smallest absolute Gasteiger partial charge is 0.323 e. The number of carbonyl (C=O) groups is 2. The second-order valence-corrected chi connectivity index (χ2v) is 5.70. The van der Waals surface area contributed by atoms with Gasteiger partial charge in [-0.2, -0.15) is 0 Å². The molecule has 1 saturated heterocycles. The molecule has 1 aliphatic heterocycles. The molecule has 0 aliphatic carbocycles. The van der Waals surface area contributed by atoms with E-state index < -0.39 is 5.97 Å². The summed E-state index contributed by atoms with van der Waals surface area (Å²) < 4.78 is 2.00. The van der Waals surface area contributed by atoms with E-state index in [0.29, 0.717) is 11.7 Å².